The van der Waals surface area contributed by atoms with Crippen molar-refractivity contribution >= 4 is 16.8 Å². The second-order valence-corrected chi connectivity index (χ2v) is 6.87. The first-order valence-corrected chi connectivity index (χ1v) is 8.75. The van der Waals surface area contributed by atoms with Crippen molar-refractivity contribution in [2.45, 2.75) is 32.7 Å². The number of carbonyl (C=O) groups excluding carboxylic acids is 1. The number of aromatic hydroxyl groups is 1. The van der Waals surface area contributed by atoms with Crippen molar-refractivity contribution in [3.8, 4) is 5.75 Å². The monoisotopic (exact) mass is 348 g/mol. The summed E-state index contributed by atoms with van der Waals surface area (Å²) in [6.07, 6.45) is 4.12. The second-order valence-electron chi connectivity index (χ2n) is 6.87. The molecule has 3 aromatic rings. The molecule has 6 nitrogen and oxygen atoms in total. The molecule has 0 saturated carbocycles. The van der Waals surface area contributed by atoms with Crippen LogP contribution in [0, 0.1) is 0 Å². The highest BCUT2D eigenvalue weighted by molar-refractivity contribution is 6.02. The highest BCUT2D eigenvalue weighted by Gasteiger charge is 2.26. The van der Waals surface area contributed by atoms with Crippen LogP contribution in [0.2, 0.25) is 0 Å². The number of hydrogen-bond donors (Lipinski definition) is 1. The van der Waals surface area contributed by atoms with Crippen LogP contribution in [0.3, 0.4) is 0 Å². The molecular weight excluding hydrogens is 328 g/mol. The first kappa shape index (κ1) is 16.4. The summed E-state index contributed by atoms with van der Waals surface area (Å²) in [7, 11) is 0. The molecule has 4 rings (SSSR count). The van der Waals surface area contributed by atoms with E-state index in [-0.39, 0.29) is 23.1 Å². The van der Waals surface area contributed by atoms with E-state index in [1.54, 1.807) is 23.2 Å². The minimum absolute atomic E-state index is 0.0645. The van der Waals surface area contributed by atoms with Gasteiger partial charge in [0.15, 0.2) is 5.75 Å². The maximum absolute atomic E-state index is 12.9. The lowest BCUT2D eigenvalue weighted by atomic mass is 10.0. The van der Waals surface area contributed by atoms with E-state index in [1.165, 1.54) is 0 Å². The zero-order chi connectivity index (χ0) is 18.3. The summed E-state index contributed by atoms with van der Waals surface area (Å²) in [6.45, 7) is 5.15. The number of carbonyl (C=O) groups is 1. The number of rotatable bonds is 2. The predicted octanol–water partition coefficient (Wildman–Crippen LogP) is 3.05. The maximum Gasteiger partial charge on any atom is 0.258 e. The quantitative estimate of drug-likeness (QED) is 0.770. The molecule has 1 aromatic carbocycles. The van der Waals surface area contributed by atoms with E-state index in [0.29, 0.717) is 25.0 Å². The van der Waals surface area contributed by atoms with Gasteiger partial charge in [0.25, 0.3) is 5.91 Å². The second kappa shape index (κ2) is 6.37. The standard InChI is InChI=1S/C20H20N4O2/c1-12(2)19-22-10-14-11-24(9-7-16(14)23-19)20(26)15-6-5-13-4-3-8-21-17(13)18(15)25/h3-6,8,10,12,25H,7,9,11H2,1-2H3. The predicted molar refractivity (Wildman–Crippen MR) is 98.0 cm³/mol. The molecule has 1 aliphatic rings. The Morgan fingerprint density at radius 2 is 2.08 bits per heavy atom. The van der Waals surface area contributed by atoms with Crippen LogP contribution in [0.1, 0.15) is 47.2 Å². The van der Waals surface area contributed by atoms with Crippen LogP contribution < -0.4 is 0 Å². The van der Waals surface area contributed by atoms with Gasteiger partial charge in [-0.25, -0.2) is 9.97 Å². The van der Waals surface area contributed by atoms with E-state index >= 15 is 0 Å². The number of phenols is 1. The van der Waals surface area contributed by atoms with Gasteiger partial charge in [-0.1, -0.05) is 26.0 Å². The molecule has 1 aliphatic heterocycles. The summed E-state index contributed by atoms with van der Waals surface area (Å²) >= 11 is 0. The Morgan fingerprint density at radius 3 is 2.88 bits per heavy atom. The molecule has 0 saturated heterocycles. The van der Waals surface area contributed by atoms with E-state index in [0.717, 1.165) is 22.5 Å². The van der Waals surface area contributed by atoms with E-state index in [4.69, 9.17) is 0 Å². The SMILES string of the molecule is CC(C)c1ncc2c(n1)CCN(C(=O)c1ccc3cccnc3c1O)C2. The van der Waals surface area contributed by atoms with Crippen molar-refractivity contribution in [2.24, 2.45) is 0 Å². The molecule has 26 heavy (non-hydrogen) atoms. The van der Waals surface area contributed by atoms with E-state index in [9.17, 15) is 9.90 Å². The number of benzene rings is 1. The van der Waals surface area contributed by atoms with E-state index in [2.05, 4.69) is 28.8 Å². The number of hydrogen-bond acceptors (Lipinski definition) is 5. The Kier molecular flexibility index (Phi) is 4.03. The van der Waals surface area contributed by atoms with Crippen molar-refractivity contribution in [3.63, 3.8) is 0 Å². The van der Waals surface area contributed by atoms with Crippen LogP contribution in [0.15, 0.2) is 36.7 Å². The average molecular weight is 348 g/mol. The summed E-state index contributed by atoms with van der Waals surface area (Å²) in [5.41, 5.74) is 2.70. The third-order valence-electron chi connectivity index (χ3n) is 4.73. The van der Waals surface area contributed by atoms with Crippen molar-refractivity contribution in [2.75, 3.05) is 6.54 Å². The lowest BCUT2D eigenvalue weighted by molar-refractivity contribution is 0.0730. The summed E-state index contributed by atoms with van der Waals surface area (Å²) in [6, 6.07) is 7.13. The minimum Gasteiger partial charge on any atom is -0.505 e. The number of amides is 1. The van der Waals surface area contributed by atoms with E-state index in [1.807, 2.05) is 18.3 Å². The molecule has 0 atom stereocenters. The van der Waals surface area contributed by atoms with Gasteiger partial charge < -0.3 is 10.0 Å². The Balaban J connectivity index is 1.63. The lowest BCUT2D eigenvalue weighted by Crippen LogP contribution is -2.36. The van der Waals surface area contributed by atoms with Gasteiger partial charge in [-0.05, 0) is 12.1 Å². The van der Waals surface area contributed by atoms with Crippen LogP contribution in [0.4, 0.5) is 0 Å². The van der Waals surface area contributed by atoms with Gasteiger partial charge in [0.2, 0.25) is 0 Å². The topological polar surface area (TPSA) is 79.2 Å². The molecule has 132 valence electrons. The van der Waals surface area contributed by atoms with Crippen molar-refractivity contribution in [1.29, 1.82) is 0 Å². The maximum atomic E-state index is 12.9. The van der Waals surface area contributed by atoms with E-state index < -0.39 is 0 Å². The van der Waals surface area contributed by atoms with Crippen LogP contribution in [-0.4, -0.2) is 37.4 Å². The minimum atomic E-state index is -0.200. The number of aromatic nitrogens is 3. The number of pyridine rings is 1. The Morgan fingerprint density at radius 1 is 1.23 bits per heavy atom. The molecule has 1 amide bonds. The van der Waals surface area contributed by atoms with Crippen molar-refractivity contribution in [3.05, 3.63) is 59.3 Å². The molecule has 1 N–H and O–H groups in total. The Bertz CT molecular complexity index is 1000. The Hall–Kier alpha value is -3.02. The van der Waals surface area contributed by atoms with Crippen molar-refractivity contribution in [1.82, 2.24) is 19.9 Å². The summed E-state index contributed by atoms with van der Waals surface area (Å²) < 4.78 is 0. The summed E-state index contributed by atoms with van der Waals surface area (Å²) in [5.74, 6) is 0.850. The average Bonchev–Trinajstić information content (AvgIpc) is 2.67. The molecule has 2 aromatic heterocycles. The first-order valence-electron chi connectivity index (χ1n) is 8.75. The van der Waals surface area contributed by atoms with Crippen LogP contribution in [0.5, 0.6) is 5.75 Å². The van der Waals surface area contributed by atoms with Crippen LogP contribution in [0.25, 0.3) is 10.9 Å². The van der Waals surface area contributed by atoms with Crippen molar-refractivity contribution < 1.29 is 9.90 Å². The molecule has 0 bridgehead atoms. The van der Waals surface area contributed by atoms with Gasteiger partial charge in [-0.3, -0.25) is 9.78 Å². The molecule has 0 fully saturated rings. The smallest absolute Gasteiger partial charge is 0.258 e. The first-order chi connectivity index (χ1) is 12.5. The zero-order valence-corrected chi connectivity index (χ0v) is 14.8. The summed E-state index contributed by atoms with van der Waals surface area (Å²) in [5, 5.41) is 11.3. The highest BCUT2D eigenvalue weighted by Crippen LogP contribution is 2.29. The number of phenolic OH excluding ortho intramolecular Hbond substituents is 1. The third kappa shape index (κ3) is 2.77. The highest BCUT2D eigenvalue weighted by atomic mass is 16.3. The lowest BCUT2D eigenvalue weighted by Gasteiger charge is -2.28. The molecule has 3 heterocycles. The van der Waals surface area contributed by atoms with Gasteiger partial charge in [0.1, 0.15) is 11.3 Å². The summed E-state index contributed by atoms with van der Waals surface area (Å²) in [4.78, 5) is 27.9. The zero-order valence-electron chi connectivity index (χ0n) is 14.8. The van der Waals surface area contributed by atoms with Gasteiger partial charge >= 0.3 is 0 Å². The molecule has 0 radical (unpaired) electrons. The van der Waals surface area contributed by atoms with Gasteiger partial charge in [0.05, 0.1) is 11.3 Å². The number of fused-ring (bicyclic) bond motifs is 2. The largest absolute Gasteiger partial charge is 0.505 e. The van der Waals surface area contributed by atoms with Crippen LogP contribution in [-0.2, 0) is 13.0 Å². The molecular formula is C20H20N4O2. The molecule has 0 unspecified atom stereocenters. The molecule has 0 spiro atoms. The fourth-order valence-electron chi connectivity index (χ4n) is 3.26. The van der Waals surface area contributed by atoms with Crippen LogP contribution >= 0.6 is 0 Å². The Labute approximate surface area is 151 Å². The fourth-order valence-corrected chi connectivity index (χ4v) is 3.26. The van der Waals surface area contributed by atoms with Gasteiger partial charge in [-0.15, -0.1) is 0 Å². The van der Waals surface area contributed by atoms with Gasteiger partial charge in [0, 0.05) is 48.8 Å². The third-order valence-corrected chi connectivity index (χ3v) is 4.73. The molecule has 6 heteroatoms. The fraction of sp³-hybridized carbons (Fsp3) is 0.300. The van der Waals surface area contributed by atoms with Gasteiger partial charge in [-0.2, -0.15) is 0 Å². The normalized spacial score (nSPS) is 13.9. The number of nitrogens with zero attached hydrogens (tertiary/aromatic N) is 4. The molecule has 0 aliphatic carbocycles.